The van der Waals surface area contributed by atoms with Crippen molar-refractivity contribution in [3.05, 3.63) is 110 Å². The van der Waals surface area contributed by atoms with Crippen molar-refractivity contribution < 1.29 is 4.79 Å². The van der Waals surface area contributed by atoms with Gasteiger partial charge in [-0.15, -0.1) is 0 Å². The number of anilines is 1. The van der Waals surface area contributed by atoms with Crippen molar-refractivity contribution in [2.45, 2.75) is 6.92 Å². The number of carbonyl (C=O) groups excluding carboxylic acids is 1. The Labute approximate surface area is 192 Å². The summed E-state index contributed by atoms with van der Waals surface area (Å²) in [4.78, 5) is 26.3. The maximum Gasteiger partial charge on any atom is 0.256 e. The van der Waals surface area contributed by atoms with Crippen molar-refractivity contribution >= 4 is 39.3 Å². The van der Waals surface area contributed by atoms with Crippen LogP contribution in [0.2, 0.25) is 5.02 Å². The number of aromatic nitrogens is 2. The quantitative estimate of drug-likeness (QED) is 0.385. The molecule has 0 spiro atoms. The molecule has 1 heterocycles. The summed E-state index contributed by atoms with van der Waals surface area (Å²) >= 11 is 9.81. The van der Waals surface area contributed by atoms with E-state index in [1.807, 2.05) is 30.3 Å². The van der Waals surface area contributed by atoms with Crippen LogP contribution in [0.4, 0.5) is 5.82 Å². The van der Waals surface area contributed by atoms with Crippen molar-refractivity contribution in [1.29, 1.82) is 0 Å². The molecule has 0 radical (unpaired) electrons. The molecule has 0 aliphatic rings. The third-order valence-corrected chi connectivity index (χ3v) is 5.59. The Morgan fingerprint density at radius 2 is 1.61 bits per heavy atom. The van der Waals surface area contributed by atoms with Crippen molar-refractivity contribution in [1.82, 2.24) is 9.78 Å². The molecule has 0 fully saturated rings. The summed E-state index contributed by atoms with van der Waals surface area (Å²) in [6, 6.07) is 23.3. The van der Waals surface area contributed by atoms with Gasteiger partial charge in [-0.25, -0.2) is 4.68 Å². The maximum atomic E-state index is 13.2. The van der Waals surface area contributed by atoms with E-state index in [0.717, 1.165) is 4.47 Å². The highest BCUT2D eigenvalue weighted by Gasteiger charge is 2.22. The van der Waals surface area contributed by atoms with Crippen LogP contribution in [0.5, 0.6) is 0 Å². The Morgan fingerprint density at radius 1 is 0.968 bits per heavy atom. The maximum absolute atomic E-state index is 13.2. The number of halogens is 2. The highest BCUT2D eigenvalue weighted by atomic mass is 79.9. The second kappa shape index (κ2) is 8.88. The van der Waals surface area contributed by atoms with E-state index < -0.39 is 0 Å². The van der Waals surface area contributed by atoms with Crippen LogP contribution in [0, 0.1) is 6.92 Å². The average molecular weight is 495 g/mol. The first-order chi connectivity index (χ1) is 15.0. The molecule has 4 aromatic rings. The van der Waals surface area contributed by atoms with E-state index in [2.05, 4.69) is 26.3 Å². The highest BCUT2D eigenvalue weighted by Crippen LogP contribution is 2.32. The van der Waals surface area contributed by atoms with Crippen LogP contribution < -0.4 is 10.7 Å². The van der Waals surface area contributed by atoms with Gasteiger partial charge in [0.05, 0.1) is 11.3 Å². The van der Waals surface area contributed by atoms with Gasteiger partial charge in [0.1, 0.15) is 11.5 Å². The lowest BCUT2D eigenvalue weighted by Crippen LogP contribution is -2.25. The molecule has 154 valence electrons. The lowest BCUT2D eigenvalue weighted by Gasteiger charge is -2.19. The standard InChI is InChI=1S/C24H17BrClN3O2/c1-15-22(30)21(19-9-5-6-10-20(19)26)23(29(28-15)18-7-3-2-4-8-18)27-24(31)16-11-13-17(25)14-12-16/h2-14H,1H3,(H,27,31). The number of amides is 1. The van der Waals surface area contributed by atoms with Gasteiger partial charge in [0, 0.05) is 20.6 Å². The van der Waals surface area contributed by atoms with Gasteiger partial charge >= 0.3 is 0 Å². The molecule has 0 atom stereocenters. The number of benzene rings is 3. The van der Waals surface area contributed by atoms with E-state index >= 15 is 0 Å². The minimum atomic E-state index is -0.365. The molecule has 0 unspecified atom stereocenters. The lowest BCUT2D eigenvalue weighted by molar-refractivity contribution is 0.102. The summed E-state index contributed by atoms with van der Waals surface area (Å²) in [5.41, 5.74) is 1.95. The molecule has 0 aliphatic carbocycles. The van der Waals surface area contributed by atoms with Crippen LogP contribution in [0.3, 0.4) is 0 Å². The predicted octanol–water partition coefficient (Wildman–Crippen LogP) is 5.88. The fraction of sp³-hybridized carbons (Fsp3) is 0.0417. The van der Waals surface area contributed by atoms with Crippen molar-refractivity contribution in [2.24, 2.45) is 0 Å². The van der Waals surface area contributed by atoms with E-state index in [9.17, 15) is 9.59 Å². The second-order valence-corrected chi connectivity index (χ2v) is 8.15. The minimum Gasteiger partial charge on any atom is -0.306 e. The minimum absolute atomic E-state index is 0.253. The van der Waals surface area contributed by atoms with Gasteiger partial charge < -0.3 is 5.32 Å². The van der Waals surface area contributed by atoms with Crippen LogP contribution in [-0.4, -0.2) is 15.7 Å². The van der Waals surface area contributed by atoms with Gasteiger partial charge in [0.15, 0.2) is 0 Å². The molecule has 1 N–H and O–H groups in total. The second-order valence-electron chi connectivity index (χ2n) is 6.83. The number of hydrogen-bond donors (Lipinski definition) is 1. The molecule has 4 rings (SSSR count). The molecule has 1 amide bonds. The smallest absolute Gasteiger partial charge is 0.256 e. The third-order valence-electron chi connectivity index (χ3n) is 4.74. The highest BCUT2D eigenvalue weighted by molar-refractivity contribution is 9.10. The van der Waals surface area contributed by atoms with Gasteiger partial charge in [-0.3, -0.25) is 9.59 Å². The zero-order chi connectivity index (χ0) is 22.0. The number of aryl methyl sites for hydroxylation is 1. The average Bonchev–Trinajstić information content (AvgIpc) is 2.78. The number of rotatable bonds is 4. The number of nitrogens with zero attached hydrogens (tertiary/aromatic N) is 2. The van der Waals surface area contributed by atoms with Crippen LogP contribution in [-0.2, 0) is 0 Å². The largest absolute Gasteiger partial charge is 0.306 e. The summed E-state index contributed by atoms with van der Waals surface area (Å²) in [6.45, 7) is 1.64. The SMILES string of the molecule is Cc1nn(-c2ccccc2)c(NC(=O)c2ccc(Br)cc2)c(-c2ccccc2Cl)c1=O. The summed E-state index contributed by atoms with van der Waals surface area (Å²) in [5, 5.41) is 7.76. The Bertz CT molecular complexity index is 1320. The first kappa shape index (κ1) is 21.0. The van der Waals surface area contributed by atoms with E-state index in [1.54, 1.807) is 60.1 Å². The molecule has 0 bridgehead atoms. The summed E-state index contributed by atoms with van der Waals surface area (Å²) in [5.74, 6) is -0.113. The number of carbonyl (C=O) groups is 1. The molecule has 31 heavy (non-hydrogen) atoms. The Kier molecular flexibility index (Phi) is 6.02. The molecule has 5 nitrogen and oxygen atoms in total. The topological polar surface area (TPSA) is 64.0 Å². The van der Waals surface area contributed by atoms with Gasteiger partial charge in [-0.2, -0.15) is 5.10 Å². The molecular formula is C24H17BrClN3O2. The van der Waals surface area contributed by atoms with Gasteiger partial charge in [-0.05, 0) is 49.4 Å². The predicted molar refractivity (Wildman–Crippen MR) is 127 cm³/mol. The molecular weight excluding hydrogens is 478 g/mol. The van der Waals surface area contributed by atoms with E-state index in [-0.39, 0.29) is 22.7 Å². The van der Waals surface area contributed by atoms with Gasteiger partial charge in [0.25, 0.3) is 5.91 Å². The third kappa shape index (κ3) is 4.31. The van der Waals surface area contributed by atoms with Crippen LogP contribution in [0.1, 0.15) is 16.1 Å². The normalized spacial score (nSPS) is 10.7. The first-order valence-electron chi connectivity index (χ1n) is 9.47. The molecule has 7 heteroatoms. The van der Waals surface area contributed by atoms with Gasteiger partial charge in [0.2, 0.25) is 5.43 Å². The zero-order valence-electron chi connectivity index (χ0n) is 16.5. The lowest BCUT2D eigenvalue weighted by atomic mass is 10.0. The number of nitrogens with one attached hydrogen (secondary N) is 1. The van der Waals surface area contributed by atoms with Crippen LogP contribution >= 0.6 is 27.5 Å². The number of hydrogen-bond acceptors (Lipinski definition) is 3. The summed E-state index contributed by atoms with van der Waals surface area (Å²) in [6.07, 6.45) is 0. The number of para-hydroxylation sites is 1. The van der Waals surface area contributed by atoms with Crippen molar-refractivity contribution in [3.63, 3.8) is 0 Å². The van der Waals surface area contributed by atoms with E-state index in [0.29, 0.717) is 27.5 Å². The van der Waals surface area contributed by atoms with Crippen molar-refractivity contribution in [2.75, 3.05) is 5.32 Å². The fourth-order valence-corrected chi connectivity index (χ4v) is 3.70. The monoisotopic (exact) mass is 493 g/mol. The molecule has 0 saturated carbocycles. The van der Waals surface area contributed by atoms with E-state index in [4.69, 9.17) is 11.6 Å². The van der Waals surface area contributed by atoms with Crippen LogP contribution in [0.25, 0.3) is 16.8 Å². The first-order valence-corrected chi connectivity index (χ1v) is 10.6. The Balaban J connectivity index is 1.97. The summed E-state index contributed by atoms with van der Waals surface area (Å²) < 4.78 is 2.42. The fourth-order valence-electron chi connectivity index (χ4n) is 3.21. The van der Waals surface area contributed by atoms with E-state index in [1.165, 1.54) is 0 Å². The van der Waals surface area contributed by atoms with Crippen molar-refractivity contribution in [3.8, 4) is 16.8 Å². The van der Waals surface area contributed by atoms with Gasteiger partial charge in [-0.1, -0.05) is 63.9 Å². The Hall–Kier alpha value is -3.22. The molecule has 3 aromatic carbocycles. The zero-order valence-corrected chi connectivity index (χ0v) is 18.8. The summed E-state index contributed by atoms with van der Waals surface area (Å²) in [7, 11) is 0. The molecule has 0 saturated heterocycles. The van der Waals surface area contributed by atoms with Crippen LogP contribution in [0.15, 0.2) is 88.1 Å². The molecule has 0 aliphatic heterocycles. The Morgan fingerprint density at radius 3 is 2.29 bits per heavy atom. The molecule has 1 aromatic heterocycles.